The Labute approximate surface area is 89.4 Å². The van der Waals surface area contributed by atoms with E-state index in [4.69, 9.17) is 5.11 Å². The third kappa shape index (κ3) is 10.4. The first-order valence-corrected chi connectivity index (χ1v) is 3.57. The second-order valence-corrected chi connectivity index (χ2v) is 2.09. The molecule has 0 bridgehead atoms. The van der Waals surface area contributed by atoms with Gasteiger partial charge in [-0.3, -0.25) is 0 Å². The Kier molecular flexibility index (Phi) is 13.3. The fourth-order valence-corrected chi connectivity index (χ4v) is 0.584. The second-order valence-electron chi connectivity index (χ2n) is 2.09. The van der Waals surface area contributed by atoms with Crippen molar-refractivity contribution in [1.29, 1.82) is 0 Å². The van der Waals surface area contributed by atoms with Crippen LogP contribution in [0.2, 0.25) is 0 Å². The molecule has 0 fully saturated rings. The van der Waals surface area contributed by atoms with E-state index in [1.165, 1.54) is 0 Å². The summed E-state index contributed by atoms with van der Waals surface area (Å²) in [6, 6.07) is 0. The fraction of sp³-hybridized carbons (Fsp3) is 0.857. The molecule has 0 aliphatic heterocycles. The molecule has 3 nitrogen and oxygen atoms in total. The van der Waals surface area contributed by atoms with Crippen LogP contribution in [0.1, 0.15) is 26.2 Å². The van der Waals surface area contributed by atoms with Crippen LogP contribution in [0, 0.1) is 0 Å². The molecule has 0 aromatic rings. The number of hydrogen-bond acceptors (Lipinski definition) is 3. The number of unbranched alkanes of at least 4 members (excludes halogenated alkanes) is 2. The molecule has 4 heteroatoms. The van der Waals surface area contributed by atoms with Crippen LogP contribution < -0.4 is 0 Å². The largest absolute Gasteiger partial charge is 0.464 e. The van der Waals surface area contributed by atoms with Gasteiger partial charge in [0.25, 0.3) is 0 Å². The van der Waals surface area contributed by atoms with Gasteiger partial charge in [0.2, 0.25) is 0 Å². The number of hydrogen-bond donors (Lipinski definition) is 1. The van der Waals surface area contributed by atoms with Gasteiger partial charge >= 0.3 is 5.97 Å². The van der Waals surface area contributed by atoms with Gasteiger partial charge < -0.3 is 9.84 Å². The van der Waals surface area contributed by atoms with Gasteiger partial charge in [0.05, 0.1) is 6.61 Å². The maximum atomic E-state index is 10.3. The topological polar surface area (TPSA) is 46.5 Å². The number of esters is 1. The van der Waals surface area contributed by atoms with Crippen molar-refractivity contribution in [2.75, 3.05) is 13.2 Å². The summed E-state index contributed by atoms with van der Waals surface area (Å²) in [5, 5.41) is 8.22. The van der Waals surface area contributed by atoms with E-state index in [0.717, 1.165) is 19.3 Å². The molecule has 0 amide bonds. The Bertz CT molecular complexity index is 95.7. The number of ether oxygens (including phenoxy) is 1. The minimum Gasteiger partial charge on any atom is -0.464 e. The van der Waals surface area contributed by atoms with Gasteiger partial charge in [-0.25, -0.2) is 4.79 Å². The van der Waals surface area contributed by atoms with E-state index in [0.29, 0.717) is 6.61 Å². The van der Waals surface area contributed by atoms with E-state index in [-0.39, 0.29) is 29.6 Å². The van der Waals surface area contributed by atoms with Crippen molar-refractivity contribution in [3.8, 4) is 0 Å². The molecule has 0 aliphatic carbocycles. The normalized spacial score (nSPS) is 8.55. The first-order chi connectivity index (χ1) is 4.81. The number of carbonyl (C=O) groups excluding carboxylic acids is 1. The maximum Gasteiger partial charge on any atom is 0.331 e. The predicted molar refractivity (Wildman–Crippen MR) is 43.3 cm³/mol. The average Bonchev–Trinajstić information content (AvgIpc) is 1.98. The Hall–Kier alpha value is 0.430. The molecule has 0 rings (SSSR count). The van der Waals surface area contributed by atoms with Gasteiger partial charge in [0.15, 0.2) is 0 Å². The van der Waals surface area contributed by atoms with E-state index >= 15 is 0 Å². The number of rotatable bonds is 5. The van der Waals surface area contributed by atoms with Gasteiger partial charge in [-0.15, -0.1) is 0 Å². The molecule has 0 unspecified atom stereocenters. The maximum absolute atomic E-state index is 10.3. The minimum atomic E-state index is -0.531. The summed E-state index contributed by atoms with van der Waals surface area (Å²) >= 11 is 0. The molecule has 0 aromatic carbocycles. The fourth-order valence-electron chi connectivity index (χ4n) is 0.584. The van der Waals surface area contributed by atoms with Crippen LogP contribution in [0.25, 0.3) is 0 Å². The third-order valence-corrected chi connectivity index (χ3v) is 1.14. The summed E-state index contributed by atoms with van der Waals surface area (Å²) in [4.78, 5) is 10.3. The van der Waals surface area contributed by atoms with E-state index in [9.17, 15) is 4.79 Å². The van der Waals surface area contributed by atoms with E-state index in [1.54, 1.807) is 0 Å². The van der Waals surface area contributed by atoms with Crippen molar-refractivity contribution in [3.05, 3.63) is 0 Å². The average molecular weight is 169 g/mol. The first-order valence-electron chi connectivity index (χ1n) is 3.57. The van der Waals surface area contributed by atoms with Crippen LogP contribution in [0.5, 0.6) is 0 Å². The second kappa shape index (κ2) is 10.4. The molecule has 61 valence electrons. The molecule has 0 spiro atoms. The molecule has 0 aliphatic rings. The summed E-state index contributed by atoms with van der Waals surface area (Å²) in [6.45, 7) is 2.01. The standard InChI is InChI=1S/C7H14O3.Na/c1-2-3-4-5-10-7(9)6-8;/h8H,2-6H2,1H3;. The molecular formula is C7H14NaO3. The smallest absolute Gasteiger partial charge is 0.331 e. The predicted octanol–water partition coefficient (Wildman–Crippen LogP) is 0.331. The van der Waals surface area contributed by atoms with E-state index in [1.807, 2.05) is 0 Å². The summed E-state index contributed by atoms with van der Waals surface area (Å²) in [6.07, 6.45) is 3.07. The SMILES string of the molecule is CCCCCOC(=O)CO.[Na]. The van der Waals surface area contributed by atoms with Crippen LogP contribution in [0.15, 0.2) is 0 Å². The summed E-state index contributed by atoms with van der Waals surface area (Å²) in [5.41, 5.74) is 0. The molecule has 1 radical (unpaired) electrons. The quantitative estimate of drug-likeness (QED) is 0.366. The van der Waals surface area contributed by atoms with Crippen molar-refractivity contribution >= 4 is 35.5 Å². The monoisotopic (exact) mass is 169 g/mol. The molecule has 0 heterocycles. The Morgan fingerprint density at radius 1 is 1.45 bits per heavy atom. The van der Waals surface area contributed by atoms with Crippen LogP contribution >= 0.6 is 0 Å². The zero-order valence-electron chi connectivity index (χ0n) is 7.30. The van der Waals surface area contributed by atoms with Crippen LogP contribution in [-0.2, 0) is 9.53 Å². The van der Waals surface area contributed by atoms with Gasteiger partial charge in [0.1, 0.15) is 6.61 Å². The number of carbonyl (C=O) groups is 1. The zero-order chi connectivity index (χ0) is 7.82. The van der Waals surface area contributed by atoms with Gasteiger partial charge in [-0.1, -0.05) is 19.8 Å². The van der Waals surface area contributed by atoms with Gasteiger partial charge in [0, 0.05) is 29.6 Å². The van der Waals surface area contributed by atoms with Crippen LogP contribution in [0.4, 0.5) is 0 Å². The molecular weight excluding hydrogens is 155 g/mol. The molecule has 0 atom stereocenters. The Morgan fingerprint density at radius 2 is 2.09 bits per heavy atom. The van der Waals surface area contributed by atoms with E-state index in [2.05, 4.69) is 11.7 Å². The molecule has 1 N–H and O–H groups in total. The summed E-state index contributed by atoms with van der Waals surface area (Å²) in [7, 11) is 0. The molecule has 0 aromatic heterocycles. The van der Waals surface area contributed by atoms with Crippen LogP contribution in [0.3, 0.4) is 0 Å². The van der Waals surface area contributed by atoms with Gasteiger partial charge in [-0.05, 0) is 6.42 Å². The molecule has 0 saturated heterocycles. The van der Waals surface area contributed by atoms with Crippen molar-refractivity contribution in [2.45, 2.75) is 26.2 Å². The molecule has 11 heavy (non-hydrogen) atoms. The minimum absolute atomic E-state index is 0. The van der Waals surface area contributed by atoms with Crippen LogP contribution in [-0.4, -0.2) is 53.8 Å². The van der Waals surface area contributed by atoms with Crippen molar-refractivity contribution < 1.29 is 14.6 Å². The number of aliphatic hydroxyl groups is 1. The van der Waals surface area contributed by atoms with Crippen molar-refractivity contribution in [2.24, 2.45) is 0 Å². The zero-order valence-corrected chi connectivity index (χ0v) is 9.30. The summed E-state index contributed by atoms with van der Waals surface area (Å²) < 4.78 is 4.60. The molecule has 0 saturated carbocycles. The van der Waals surface area contributed by atoms with Gasteiger partial charge in [-0.2, -0.15) is 0 Å². The third-order valence-electron chi connectivity index (χ3n) is 1.14. The Balaban J connectivity index is 0. The van der Waals surface area contributed by atoms with E-state index < -0.39 is 12.6 Å². The number of aliphatic hydroxyl groups excluding tert-OH is 1. The van der Waals surface area contributed by atoms with Crippen molar-refractivity contribution in [3.63, 3.8) is 0 Å². The van der Waals surface area contributed by atoms with Crippen molar-refractivity contribution in [1.82, 2.24) is 0 Å². The summed E-state index contributed by atoms with van der Waals surface area (Å²) in [5.74, 6) is -0.531. The first kappa shape index (κ1) is 14.0. The Morgan fingerprint density at radius 3 is 2.55 bits per heavy atom.